The number of amides is 2. The smallest absolute Gasteiger partial charge is 0.255 e. The molecule has 1 fully saturated rings. The molecule has 2 amide bonds. The highest BCUT2D eigenvalue weighted by Gasteiger charge is 2.28. The zero-order valence-electron chi connectivity index (χ0n) is 13.9. The first-order valence-corrected chi connectivity index (χ1v) is 8.16. The van der Waals surface area contributed by atoms with E-state index in [4.69, 9.17) is 5.73 Å². The van der Waals surface area contributed by atoms with E-state index < -0.39 is 0 Å². The number of halogens is 1. The van der Waals surface area contributed by atoms with E-state index >= 15 is 0 Å². The van der Waals surface area contributed by atoms with Crippen molar-refractivity contribution >= 4 is 29.9 Å². The van der Waals surface area contributed by atoms with Crippen molar-refractivity contribution in [3.63, 3.8) is 0 Å². The van der Waals surface area contributed by atoms with E-state index in [1.54, 1.807) is 36.4 Å². The summed E-state index contributed by atoms with van der Waals surface area (Å²) in [5, 5.41) is 2.83. The highest BCUT2D eigenvalue weighted by molar-refractivity contribution is 6.04. The van der Waals surface area contributed by atoms with Crippen molar-refractivity contribution in [1.29, 1.82) is 0 Å². The number of anilines is 1. The van der Waals surface area contributed by atoms with Gasteiger partial charge >= 0.3 is 0 Å². The molecule has 6 heteroatoms. The molecule has 25 heavy (non-hydrogen) atoms. The second-order valence-electron chi connectivity index (χ2n) is 5.93. The normalized spacial score (nSPS) is 16.2. The van der Waals surface area contributed by atoms with E-state index in [1.807, 2.05) is 23.1 Å². The number of likely N-dealkylation sites (tertiary alicyclic amines) is 1. The molecule has 1 aliphatic heterocycles. The Bertz CT molecular complexity index is 719. The van der Waals surface area contributed by atoms with Gasteiger partial charge in [0.05, 0.1) is 0 Å². The summed E-state index contributed by atoms with van der Waals surface area (Å²) in [5.41, 5.74) is 7.61. The van der Waals surface area contributed by atoms with Crippen LogP contribution in [0, 0.1) is 0 Å². The number of benzene rings is 2. The van der Waals surface area contributed by atoms with E-state index in [-0.39, 0.29) is 30.3 Å². The third-order valence-corrected chi connectivity index (χ3v) is 4.34. The average molecular weight is 360 g/mol. The molecule has 0 spiro atoms. The van der Waals surface area contributed by atoms with Crippen molar-refractivity contribution < 1.29 is 9.59 Å². The molecular weight excluding hydrogens is 338 g/mol. The van der Waals surface area contributed by atoms with Crippen LogP contribution < -0.4 is 11.1 Å². The van der Waals surface area contributed by atoms with Crippen LogP contribution in [-0.4, -0.2) is 35.8 Å². The third kappa shape index (κ3) is 4.38. The van der Waals surface area contributed by atoms with Crippen LogP contribution in [-0.2, 0) is 0 Å². The van der Waals surface area contributed by atoms with E-state index in [0.29, 0.717) is 23.4 Å². The zero-order valence-corrected chi connectivity index (χ0v) is 14.7. The van der Waals surface area contributed by atoms with Crippen LogP contribution in [0.25, 0.3) is 0 Å². The molecule has 1 atom stereocenters. The Hall–Kier alpha value is -2.37. The van der Waals surface area contributed by atoms with Crippen molar-refractivity contribution in [2.24, 2.45) is 5.73 Å². The number of rotatable bonds is 4. The molecule has 0 radical (unpaired) electrons. The molecule has 1 aliphatic rings. The molecule has 2 aromatic carbocycles. The van der Waals surface area contributed by atoms with Crippen molar-refractivity contribution in [3.05, 3.63) is 65.7 Å². The number of nitrogens with zero attached hydrogens (tertiary/aromatic N) is 1. The van der Waals surface area contributed by atoms with Crippen LogP contribution in [0.2, 0.25) is 0 Å². The number of hydrogen-bond donors (Lipinski definition) is 2. The molecule has 0 aromatic heterocycles. The SMILES string of the molecule is Cl.NCC1CCCN1C(=O)c1ccc(NC(=O)c2ccccc2)cc1. The minimum Gasteiger partial charge on any atom is -0.334 e. The van der Waals surface area contributed by atoms with Gasteiger partial charge in [-0.1, -0.05) is 18.2 Å². The Labute approximate surface area is 153 Å². The summed E-state index contributed by atoms with van der Waals surface area (Å²) in [6, 6.07) is 16.1. The van der Waals surface area contributed by atoms with Gasteiger partial charge in [0.25, 0.3) is 11.8 Å². The quantitative estimate of drug-likeness (QED) is 0.881. The molecule has 132 valence electrons. The fourth-order valence-electron chi connectivity index (χ4n) is 3.00. The summed E-state index contributed by atoms with van der Waals surface area (Å²) >= 11 is 0. The minimum atomic E-state index is -0.169. The molecule has 1 heterocycles. The van der Waals surface area contributed by atoms with Crippen LogP contribution in [0.4, 0.5) is 5.69 Å². The van der Waals surface area contributed by atoms with Crippen LogP contribution in [0.5, 0.6) is 0 Å². The summed E-state index contributed by atoms with van der Waals surface area (Å²) in [7, 11) is 0. The number of nitrogens with two attached hydrogens (primary N) is 1. The van der Waals surface area contributed by atoms with Crippen molar-refractivity contribution in [1.82, 2.24) is 4.90 Å². The average Bonchev–Trinajstić information content (AvgIpc) is 3.11. The predicted octanol–water partition coefficient (Wildman–Crippen LogP) is 2.92. The van der Waals surface area contributed by atoms with Gasteiger partial charge in [0.1, 0.15) is 0 Å². The van der Waals surface area contributed by atoms with Gasteiger partial charge in [-0.2, -0.15) is 0 Å². The molecule has 1 unspecified atom stereocenters. The minimum absolute atomic E-state index is 0. The fourth-order valence-corrected chi connectivity index (χ4v) is 3.00. The lowest BCUT2D eigenvalue weighted by molar-refractivity contribution is 0.0741. The predicted molar refractivity (Wildman–Crippen MR) is 101 cm³/mol. The van der Waals surface area contributed by atoms with Crippen molar-refractivity contribution in [3.8, 4) is 0 Å². The first-order valence-electron chi connectivity index (χ1n) is 8.16. The Morgan fingerprint density at radius 3 is 2.36 bits per heavy atom. The van der Waals surface area contributed by atoms with Gasteiger partial charge in [0, 0.05) is 35.9 Å². The maximum atomic E-state index is 12.6. The standard InChI is InChI=1S/C19H21N3O2.ClH/c20-13-17-7-4-12-22(17)19(24)15-8-10-16(11-9-15)21-18(23)14-5-2-1-3-6-14;/h1-3,5-6,8-11,17H,4,7,12-13,20H2,(H,21,23);1H. The Morgan fingerprint density at radius 1 is 1.04 bits per heavy atom. The van der Waals surface area contributed by atoms with Crippen molar-refractivity contribution in [2.45, 2.75) is 18.9 Å². The van der Waals surface area contributed by atoms with Gasteiger partial charge in [-0.05, 0) is 49.2 Å². The highest BCUT2D eigenvalue weighted by Crippen LogP contribution is 2.20. The van der Waals surface area contributed by atoms with Gasteiger partial charge in [-0.3, -0.25) is 9.59 Å². The van der Waals surface area contributed by atoms with E-state index in [1.165, 1.54) is 0 Å². The number of nitrogens with one attached hydrogen (secondary N) is 1. The van der Waals surface area contributed by atoms with E-state index in [0.717, 1.165) is 19.4 Å². The lowest BCUT2D eigenvalue weighted by atomic mass is 10.1. The lowest BCUT2D eigenvalue weighted by Gasteiger charge is -2.23. The monoisotopic (exact) mass is 359 g/mol. The van der Waals surface area contributed by atoms with Gasteiger partial charge in [-0.15, -0.1) is 12.4 Å². The summed E-state index contributed by atoms with van der Waals surface area (Å²) in [4.78, 5) is 26.5. The molecule has 0 aliphatic carbocycles. The number of hydrogen-bond acceptors (Lipinski definition) is 3. The Morgan fingerprint density at radius 2 is 1.72 bits per heavy atom. The molecule has 3 N–H and O–H groups in total. The molecule has 1 saturated heterocycles. The molecule has 5 nitrogen and oxygen atoms in total. The highest BCUT2D eigenvalue weighted by atomic mass is 35.5. The summed E-state index contributed by atoms with van der Waals surface area (Å²) < 4.78 is 0. The van der Waals surface area contributed by atoms with E-state index in [2.05, 4.69) is 5.32 Å². The van der Waals surface area contributed by atoms with Crippen LogP contribution in [0.3, 0.4) is 0 Å². The van der Waals surface area contributed by atoms with Crippen LogP contribution >= 0.6 is 12.4 Å². The number of carbonyl (C=O) groups is 2. The van der Waals surface area contributed by atoms with Gasteiger partial charge in [-0.25, -0.2) is 0 Å². The lowest BCUT2D eigenvalue weighted by Crippen LogP contribution is -2.39. The third-order valence-electron chi connectivity index (χ3n) is 4.34. The van der Waals surface area contributed by atoms with Crippen LogP contribution in [0.1, 0.15) is 33.6 Å². The number of carbonyl (C=O) groups excluding carboxylic acids is 2. The topological polar surface area (TPSA) is 75.4 Å². The second-order valence-corrected chi connectivity index (χ2v) is 5.93. The first-order chi connectivity index (χ1) is 11.7. The molecular formula is C19H22ClN3O2. The summed E-state index contributed by atoms with van der Waals surface area (Å²) in [6.45, 7) is 1.25. The van der Waals surface area contributed by atoms with Gasteiger partial charge in [0.15, 0.2) is 0 Å². The maximum Gasteiger partial charge on any atom is 0.255 e. The molecule has 3 rings (SSSR count). The second kappa shape index (κ2) is 8.65. The molecule has 0 bridgehead atoms. The van der Waals surface area contributed by atoms with Gasteiger partial charge < -0.3 is 16.0 Å². The first kappa shape index (κ1) is 19.0. The largest absolute Gasteiger partial charge is 0.334 e. The van der Waals surface area contributed by atoms with Gasteiger partial charge in [0.2, 0.25) is 0 Å². The summed E-state index contributed by atoms with van der Waals surface area (Å²) in [6.07, 6.45) is 1.96. The maximum absolute atomic E-state index is 12.6. The van der Waals surface area contributed by atoms with Crippen LogP contribution in [0.15, 0.2) is 54.6 Å². The molecule has 0 saturated carbocycles. The zero-order chi connectivity index (χ0) is 16.9. The fraction of sp³-hybridized carbons (Fsp3) is 0.263. The molecule has 2 aromatic rings. The Kier molecular flexibility index (Phi) is 6.56. The Balaban J connectivity index is 0.00000225. The summed E-state index contributed by atoms with van der Waals surface area (Å²) in [5.74, 6) is -0.165. The van der Waals surface area contributed by atoms with Crippen molar-refractivity contribution in [2.75, 3.05) is 18.4 Å². The van der Waals surface area contributed by atoms with E-state index in [9.17, 15) is 9.59 Å².